The highest BCUT2D eigenvalue weighted by Crippen LogP contribution is 2.42. The van der Waals surface area contributed by atoms with Crippen molar-refractivity contribution < 1.29 is 0 Å². The lowest BCUT2D eigenvalue weighted by Gasteiger charge is -2.35. The van der Waals surface area contributed by atoms with Crippen molar-refractivity contribution in [3.05, 3.63) is 33.8 Å². The van der Waals surface area contributed by atoms with Crippen LogP contribution in [0.25, 0.3) is 0 Å². The van der Waals surface area contributed by atoms with Gasteiger partial charge >= 0.3 is 0 Å². The van der Waals surface area contributed by atoms with Crippen LogP contribution in [0.3, 0.4) is 0 Å². The molecule has 20 heavy (non-hydrogen) atoms. The number of benzene rings is 1. The van der Waals surface area contributed by atoms with Crippen LogP contribution in [-0.2, 0) is 6.42 Å². The third kappa shape index (κ3) is 3.90. The molecular weight excluding hydrogens is 289 g/mol. The molecular formula is C17H25Cl2N. The summed E-state index contributed by atoms with van der Waals surface area (Å²) in [5.74, 6) is 0. The van der Waals surface area contributed by atoms with Crippen LogP contribution >= 0.6 is 23.2 Å². The van der Waals surface area contributed by atoms with Crippen LogP contribution < -0.4 is 5.32 Å². The third-order valence-corrected chi connectivity index (χ3v) is 5.25. The molecule has 3 heteroatoms. The molecule has 2 rings (SSSR count). The first-order valence-corrected chi connectivity index (χ1v) is 8.48. The summed E-state index contributed by atoms with van der Waals surface area (Å²) in [5.41, 5.74) is 1.61. The number of hydrogen-bond donors (Lipinski definition) is 1. The Morgan fingerprint density at radius 1 is 1.25 bits per heavy atom. The number of halogens is 2. The smallest absolute Gasteiger partial charge is 0.0453 e. The number of rotatable bonds is 6. The van der Waals surface area contributed by atoms with Gasteiger partial charge in [-0.05, 0) is 55.3 Å². The second-order valence-electron chi connectivity index (χ2n) is 6.31. The Hall–Kier alpha value is -0.240. The van der Waals surface area contributed by atoms with Gasteiger partial charge in [0.15, 0.2) is 0 Å². The molecule has 1 nitrogen and oxygen atoms in total. The van der Waals surface area contributed by atoms with Crippen molar-refractivity contribution in [1.29, 1.82) is 0 Å². The lowest BCUT2D eigenvalue weighted by atomic mass is 9.77. The van der Waals surface area contributed by atoms with Gasteiger partial charge in [-0.3, -0.25) is 0 Å². The van der Waals surface area contributed by atoms with Crippen LogP contribution in [0.1, 0.15) is 51.5 Å². The molecule has 1 unspecified atom stereocenters. The van der Waals surface area contributed by atoms with Crippen molar-refractivity contribution >= 4 is 23.2 Å². The Kier molecular flexibility index (Phi) is 5.77. The summed E-state index contributed by atoms with van der Waals surface area (Å²) in [5, 5.41) is 5.26. The average molecular weight is 314 g/mol. The molecule has 0 spiro atoms. The van der Waals surface area contributed by atoms with Crippen molar-refractivity contribution in [2.75, 3.05) is 6.54 Å². The zero-order valence-corrected chi connectivity index (χ0v) is 14.0. The predicted molar refractivity (Wildman–Crippen MR) is 88.8 cm³/mol. The Balaban J connectivity index is 2.14. The number of hydrogen-bond acceptors (Lipinski definition) is 1. The van der Waals surface area contributed by atoms with Crippen LogP contribution in [0.4, 0.5) is 0 Å². The van der Waals surface area contributed by atoms with E-state index < -0.39 is 0 Å². The van der Waals surface area contributed by atoms with E-state index in [-0.39, 0.29) is 0 Å². The van der Waals surface area contributed by atoms with Crippen LogP contribution in [0.5, 0.6) is 0 Å². The molecule has 0 saturated heterocycles. The minimum atomic E-state index is 0.401. The van der Waals surface area contributed by atoms with Crippen LogP contribution in [-0.4, -0.2) is 12.6 Å². The maximum atomic E-state index is 6.35. The Labute approximate surface area is 133 Å². The zero-order chi connectivity index (χ0) is 14.6. The molecule has 0 aliphatic heterocycles. The molecule has 1 aromatic carbocycles. The molecule has 1 aliphatic carbocycles. The number of nitrogens with one attached hydrogen (secondary N) is 1. The second-order valence-corrected chi connectivity index (χ2v) is 7.15. The third-order valence-electron chi connectivity index (χ3n) is 4.67. The quantitative estimate of drug-likeness (QED) is 0.732. The lowest BCUT2D eigenvalue weighted by Crippen LogP contribution is -2.44. The average Bonchev–Trinajstić information content (AvgIpc) is 2.84. The Bertz CT molecular complexity index is 439. The van der Waals surface area contributed by atoms with E-state index in [0.29, 0.717) is 16.5 Å². The minimum Gasteiger partial charge on any atom is -0.313 e. The lowest BCUT2D eigenvalue weighted by molar-refractivity contribution is 0.219. The topological polar surface area (TPSA) is 12.0 Å². The summed E-state index contributed by atoms with van der Waals surface area (Å²) >= 11 is 12.3. The molecule has 0 aromatic heterocycles. The van der Waals surface area contributed by atoms with Crippen LogP contribution in [0.2, 0.25) is 10.0 Å². The van der Waals surface area contributed by atoms with Gasteiger partial charge < -0.3 is 5.32 Å². The van der Waals surface area contributed by atoms with Gasteiger partial charge in [-0.2, -0.15) is 0 Å². The highest BCUT2D eigenvalue weighted by atomic mass is 35.5. The van der Waals surface area contributed by atoms with E-state index in [4.69, 9.17) is 23.2 Å². The predicted octanol–water partition coefficient (Wildman–Crippen LogP) is 5.48. The largest absolute Gasteiger partial charge is 0.313 e. The maximum Gasteiger partial charge on any atom is 0.0453 e. The van der Waals surface area contributed by atoms with E-state index in [0.717, 1.165) is 18.0 Å². The summed E-state index contributed by atoms with van der Waals surface area (Å²) in [6.45, 7) is 5.72. The molecule has 112 valence electrons. The summed E-state index contributed by atoms with van der Waals surface area (Å²) in [6.07, 6.45) is 7.51. The molecule has 0 amide bonds. The first-order chi connectivity index (χ1) is 9.55. The summed E-state index contributed by atoms with van der Waals surface area (Å²) < 4.78 is 0. The molecule has 1 atom stereocenters. The minimum absolute atomic E-state index is 0.401. The van der Waals surface area contributed by atoms with Crippen LogP contribution in [0.15, 0.2) is 18.2 Å². The van der Waals surface area contributed by atoms with Crippen molar-refractivity contribution in [3.8, 4) is 0 Å². The fourth-order valence-electron chi connectivity index (χ4n) is 3.32. The van der Waals surface area contributed by atoms with Gasteiger partial charge in [0.1, 0.15) is 0 Å². The van der Waals surface area contributed by atoms with Gasteiger partial charge in [-0.15, -0.1) is 0 Å². The van der Waals surface area contributed by atoms with Crippen molar-refractivity contribution in [2.24, 2.45) is 5.41 Å². The second kappa shape index (κ2) is 7.15. The van der Waals surface area contributed by atoms with E-state index >= 15 is 0 Å². The molecule has 1 aliphatic rings. The van der Waals surface area contributed by atoms with E-state index in [1.165, 1.54) is 37.7 Å². The van der Waals surface area contributed by atoms with E-state index in [1.807, 2.05) is 12.1 Å². The fourth-order valence-corrected chi connectivity index (χ4v) is 3.81. The van der Waals surface area contributed by atoms with Gasteiger partial charge in [0.25, 0.3) is 0 Å². The van der Waals surface area contributed by atoms with Crippen LogP contribution in [0, 0.1) is 5.41 Å². The van der Waals surface area contributed by atoms with E-state index in [1.54, 1.807) is 0 Å². The van der Waals surface area contributed by atoms with Gasteiger partial charge in [-0.1, -0.05) is 56.0 Å². The normalized spacial score (nSPS) is 19.2. The highest BCUT2D eigenvalue weighted by Gasteiger charge is 2.36. The molecule has 1 aromatic rings. The maximum absolute atomic E-state index is 6.35. The molecule has 1 saturated carbocycles. The van der Waals surface area contributed by atoms with Gasteiger partial charge in [0.2, 0.25) is 0 Å². The molecule has 0 heterocycles. The van der Waals surface area contributed by atoms with Gasteiger partial charge in [0.05, 0.1) is 0 Å². The Morgan fingerprint density at radius 3 is 2.55 bits per heavy atom. The van der Waals surface area contributed by atoms with Crippen molar-refractivity contribution in [1.82, 2.24) is 5.32 Å². The molecule has 1 fully saturated rings. The molecule has 0 radical (unpaired) electrons. The first kappa shape index (κ1) is 16.1. The standard InChI is InChI=1S/C17H25Cl2N/c1-3-10-20-16(17(2)8-4-5-9-17)11-13-6-7-14(18)12-15(13)19/h6-7,12,16,20H,3-5,8-11H2,1-2H3. The van der Waals surface area contributed by atoms with Crippen molar-refractivity contribution in [3.63, 3.8) is 0 Å². The highest BCUT2D eigenvalue weighted by molar-refractivity contribution is 6.35. The fraction of sp³-hybridized carbons (Fsp3) is 0.647. The first-order valence-electron chi connectivity index (χ1n) is 7.72. The molecule has 0 bridgehead atoms. The Morgan fingerprint density at radius 2 is 1.95 bits per heavy atom. The summed E-state index contributed by atoms with van der Waals surface area (Å²) in [7, 11) is 0. The monoisotopic (exact) mass is 313 g/mol. The van der Waals surface area contributed by atoms with Crippen molar-refractivity contribution in [2.45, 2.75) is 58.4 Å². The molecule has 1 N–H and O–H groups in total. The zero-order valence-electron chi connectivity index (χ0n) is 12.5. The van der Waals surface area contributed by atoms with E-state index in [2.05, 4.69) is 25.2 Å². The van der Waals surface area contributed by atoms with Gasteiger partial charge in [0, 0.05) is 16.1 Å². The van der Waals surface area contributed by atoms with E-state index in [9.17, 15) is 0 Å². The van der Waals surface area contributed by atoms with Gasteiger partial charge in [-0.25, -0.2) is 0 Å². The summed E-state index contributed by atoms with van der Waals surface area (Å²) in [4.78, 5) is 0. The SMILES string of the molecule is CCCNC(Cc1ccc(Cl)cc1Cl)C1(C)CCCC1. The summed E-state index contributed by atoms with van der Waals surface area (Å²) in [6, 6.07) is 6.37.